The molecule has 0 heterocycles. The summed E-state index contributed by atoms with van der Waals surface area (Å²) >= 11 is 0. The van der Waals surface area contributed by atoms with Gasteiger partial charge in [0.05, 0.1) is 39.9 Å². The number of phosphoric acid groups is 1. The standard InChI is InChI=1S/C65H115N2O7P/c1-6-8-10-12-14-16-18-20-21-22-23-24-25-26-27-28-29-30-31-32-33-34-35-36-37-38-39-40-41-42-43-44-45-46-48-50-52-54-56-58-64(69)66-62(61-74-75(71,72)73-60-59-67(3,4)5)65(70)63(68)57-55-53-51-49-47-19-17-15-13-11-9-7-2/h7-10,14-17,20-21,23-24,26-27,29-30,49,51,62-63,65,68,70H,6,11-13,18-19,22,25,28,31-48,50,52-61H2,1-5H3,(H-,66,69,71,72)/p+1/b9-7+,10-8-,16-14-,17-15+,21-20-,24-23-,27-26-,30-29-,51-49+. The summed E-state index contributed by atoms with van der Waals surface area (Å²) in [5.74, 6) is -0.276. The van der Waals surface area contributed by atoms with Crippen LogP contribution in [-0.4, -0.2) is 84.6 Å². The molecule has 0 spiro atoms. The minimum Gasteiger partial charge on any atom is -0.390 e. The number of rotatable bonds is 54. The summed E-state index contributed by atoms with van der Waals surface area (Å²) in [6.45, 7) is 4.24. The Balaban J connectivity index is 4.02. The van der Waals surface area contributed by atoms with Crippen molar-refractivity contribution in [3.05, 3.63) is 109 Å². The fourth-order valence-electron chi connectivity index (χ4n) is 8.42. The van der Waals surface area contributed by atoms with E-state index < -0.39 is 32.7 Å². The molecule has 0 aromatic heterocycles. The molecule has 0 saturated heterocycles. The minimum absolute atomic E-state index is 0.00936. The zero-order chi connectivity index (χ0) is 55.0. The molecular weight excluding hydrogens is 952 g/mol. The van der Waals surface area contributed by atoms with Crippen LogP contribution in [0.2, 0.25) is 0 Å². The van der Waals surface area contributed by atoms with Crippen LogP contribution in [0.25, 0.3) is 0 Å². The van der Waals surface area contributed by atoms with Crippen LogP contribution in [0.5, 0.6) is 0 Å². The number of nitrogens with one attached hydrogen (secondary N) is 1. The third kappa shape index (κ3) is 55.7. The number of phosphoric ester groups is 1. The maximum atomic E-state index is 13.0. The molecule has 0 aliphatic rings. The molecule has 0 bridgehead atoms. The van der Waals surface area contributed by atoms with Crippen molar-refractivity contribution in [3.8, 4) is 0 Å². The molecule has 4 unspecified atom stereocenters. The first-order chi connectivity index (χ1) is 36.4. The number of hydrogen-bond donors (Lipinski definition) is 4. The Bertz CT molecular complexity index is 1610. The zero-order valence-corrected chi connectivity index (χ0v) is 49.8. The van der Waals surface area contributed by atoms with Gasteiger partial charge in [-0.25, -0.2) is 4.57 Å². The van der Waals surface area contributed by atoms with Crippen molar-refractivity contribution < 1.29 is 38.0 Å². The Labute approximate surface area is 462 Å². The maximum absolute atomic E-state index is 13.0. The van der Waals surface area contributed by atoms with Crippen LogP contribution < -0.4 is 5.32 Å². The van der Waals surface area contributed by atoms with Gasteiger partial charge in [0.2, 0.25) is 5.91 Å². The first kappa shape index (κ1) is 72.1. The number of nitrogens with zero attached hydrogens (tertiary/aromatic N) is 1. The van der Waals surface area contributed by atoms with Crippen LogP contribution in [0.4, 0.5) is 0 Å². The average molecular weight is 1070 g/mol. The number of hydrogen-bond acceptors (Lipinski definition) is 6. The third-order valence-electron chi connectivity index (χ3n) is 13.1. The van der Waals surface area contributed by atoms with Crippen molar-refractivity contribution in [2.75, 3.05) is 40.9 Å². The predicted octanol–water partition coefficient (Wildman–Crippen LogP) is 17.7. The molecule has 0 aromatic rings. The van der Waals surface area contributed by atoms with Crippen LogP contribution in [0.1, 0.15) is 239 Å². The molecule has 4 atom stereocenters. The van der Waals surface area contributed by atoms with E-state index in [0.717, 1.165) is 96.3 Å². The molecule has 0 rings (SSSR count). The van der Waals surface area contributed by atoms with Gasteiger partial charge in [-0.1, -0.05) is 232 Å². The highest BCUT2D eigenvalue weighted by molar-refractivity contribution is 7.47. The van der Waals surface area contributed by atoms with Crippen molar-refractivity contribution in [3.63, 3.8) is 0 Å². The molecule has 0 aliphatic carbocycles. The molecule has 1 amide bonds. The Morgan fingerprint density at radius 2 is 0.853 bits per heavy atom. The highest BCUT2D eigenvalue weighted by Crippen LogP contribution is 2.43. The number of unbranched alkanes of at least 4 members (excludes halogenated alkanes) is 23. The van der Waals surface area contributed by atoms with Gasteiger partial charge in [-0.15, -0.1) is 0 Å². The summed E-state index contributed by atoms with van der Waals surface area (Å²) in [6.07, 6.45) is 76.5. The van der Waals surface area contributed by atoms with E-state index in [4.69, 9.17) is 9.05 Å². The Hall–Kier alpha value is -2.88. The molecule has 4 N–H and O–H groups in total. The van der Waals surface area contributed by atoms with Crippen LogP contribution in [0, 0.1) is 0 Å². The largest absolute Gasteiger partial charge is 0.472 e. The lowest BCUT2D eigenvalue weighted by Gasteiger charge is -2.28. The fourth-order valence-corrected chi connectivity index (χ4v) is 9.16. The van der Waals surface area contributed by atoms with E-state index in [9.17, 15) is 24.5 Å². The molecular formula is C65H116N2O7P+. The summed E-state index contributed by atoms with van der Waals surface area (Å²) in [5, 5.41) is 24.8. The normalized spacial score (nSPS) is 15.0. The van der Waals surface area contributed by atoms with Gasteiger partial charge >= 0.3 is 7.82 Å². The van der Waals surface area contributed by atoms with E-state index in [0.29, 0.717) is 23.9 Å². The fraction of sp³-hybridized carbons (Fsp3) is 0.708. The highest BCUT2D eigenvalue weighted by atomic mass is 31.2. The van der Waals surface area contributed by atoms with Gasteiger partial charge in [0.1, 0.15) is 19.3 Å². The van der Waals surface area contributed by atoms with Crippen LogP contribution in [-0.2, 0) is 18.4 Å². The van der Waals surface area contributed by atoms with Crippen LogP contribution in [0.15, 0.2) is 109 Å². The van der Waals surface area contributed by atoms with E-state index in [1.54, 1.807) is 0 Å². The van der Waals surface area contributed by atoms with Gasteiger partial charge in [0.15, 0.2) is 0 Å². The van der Waals surface area contributed by atoms with Crippen molar-refractivity contribution in [2.45, 2.75) is 257 Å². The molecule has 10 heteroatoms. The molecule has 0 saturated carbocycles. The number of carbonyl (C=O) groups is 1. The molecule has 0 radical (unpaired) electrons. The van der Waals surface area contributed by atoms with Crippen molar-refractivity contribution in [1.29, 1.82) is 0 Å². The number of likely N-dealkylation sites (N-methyl/N-ethyl adjacent to an activating group) is 1. The summed E-state index contributed by atoms with van der Waals surface area (Å²) < 4.78 is 23.6. The average Bonchev–Trinajstić information content (AvgIpc) is 3.37. The van der Waals surface area contributed by atoms with E-state index >= 15 is 0 Å². The first-order valence-corrected chi connectivity index (χ1v) is 31.8. The second-order valence-electron chi connectivity index (χ2n) is 21.5. The predicted molar refractivity (Wildman–Crippen MR) is 324 cm³/mol. The number of carbonyl (C=O) groups excluding carboxylic acids is 1. The molecule has 0 fully saturated rings. The maximum Gasteiger partial charge on any atom is 0.472 e. The van der Waals surface area contributed by atoms with Crippen molar-refractivity contribution in [2.24, 2.45) is 0 Å². The monoisotopic (exact) mass is 1070 g/mol. The van der Waals surface area contributed by atoms with Gasteiger partial charge in [0, 0.05) is 6.42 Å². The van der Waals surface area contributed by atoms with Gasteiger partial charge < -0.3 is 24.9 Å². The first-order valence-electron chi connectivity index (χ1n) is 30.3. The van der Waals surface area contributed by atoms with Crippen molar-refractivity contribution in [1.82, 2.24) is 5.32 Å². The second kappa shape index (κ2) is 54.5. The lowest BCUT2D eigenvalue weighted by Crippen LogP contribution is -2.51. The van der Waals surface area contributed by atoms with E-state index in [1.807, 2.05) is 28.1 Å². The number of amides is 1. The molecule has 432 valence electrons. The Kier molecular flexibility index (Phi) is 52.4. The van der Waals surface area contributed by atoms with E-state index in [-0.39, 0.29) is 18.9 Å². The number of allylic oxidation sites excluding steroid dienone is 18. The Morgan fingerprint density at radius 1 is 0.493 bits per heavy atom. The topological polar surface area (TPSA) is 125 Å². The quantitative estimate of drug-likeness (QED) is 0.0207. The lowest BCUT2D eigenvalue weighted by molar-refractivity contribution is -0.870. The number of quaternary nitrogens is 1. The number of aliphatic hydroxyl groups is 2. The smallest absolute Gasteiger partial charge is 0.390 e. The van der Waals surface area contributed by atoms with Crippen LogP contribution in [0.3, 0.4) is 0 Å². The van der Waals surface area contributed by atoms with Gasteiger partial charge in [-0.2, -0.15) is 0 Å². The van der Waals surface area contributed by atoms with E-state index in [1.165, 1.54) is 109 Å². The van der Waals surface area contributed by atoms with Gasteiger partial charge in [-0.3, -0.25) is 13.8 Å². The van der Waals surface area contributed by atoms with Gasteiger partial charge in [-0.05, 0) is 110 Å². The lowest BCUT2D eigenvalue weighted by atomic mass is 10.0. The summed E-state index contributed by atoms with van der Waals surface area (Å²) in [4.78, 5) is 23.3. The zero-order valence-electron chi connectivity index (χ0n) is 48.9. The second-order valence-corrected chi connectivity index (χ2v) is 22.9. The minimum atomic E-state index is -4.44. The van der Waals surface area contributed by atoms with E-state index in [2.05, 4.69) is 122 Å². The third-order valence-corrected chi connectivity index (χ3v) is 14.1. The molecule has 75 heavy (non-hydrogen) atoms. The van der Waals surface area contributed by atoms with Crippen LogP contribution >= 0.6 is 7.82 Å². The highest BCUT2D eigenvalue weighted by Gasteiger charge is 2.31. The summed E-state index contributed by atoms with van der Waals surface area (Å²) in [5.41, 5.74) is 0. The Morgan fingerprint density at radius 3 is 1.28 bits per heavy atom. The van der Waals surface area contributed by atoms with Gasteiger partial charge in [0.25, 0.3) is 0 Å². The summed E-state index contributed by atoms with van der Waals surface area (Å²) in [7, 11) is 1.40. The molecule has 0 aliphatic heterocycles. The summed E-state index contributed by atoms with van der Waals surface area (Å²) in [6, 6.07) is -1.06. The SMILES string of the molecule is C/C=C/CC/C=C/CC/C=C/CCCC(O)C(O)C(COP(=O)(O)OCC[N+](C)(C)C)NC(=O)CCCCCCCCCCCCCCCCCCCCCC/C=C\C/C=C\C/C=C\C/C=C\C/C=C\C/C=C\CC. The van der Waals surface area contributed by atoms with Crippen molar-refractivity contribution >= 4 is 13.7 Å². The molecule has 0 aromatic carbocycles. The molecule has 9 nitrogen and oxygen atoms in total. The number of aliphatic hydroxyl groups excluding tert-OH is 2.